The van der Waals surface area contributed by atoms with Gasteiger partial charge in [0.05, 0.1) is 36.2 Å². The molecular formula is C27H28N2O6. The zero-order valence-corrected chi connectivity index (χ0v) is 19.8. The van der Waals surface area contributed by atoms with Crippen molar-refractivity contribution in [2.75, 3.05) is 23.5 Å². The molecule has 0 bridgehead atoms. The van der Waals surface area contributed by atoms with E-state index in [1.165, 1.54) is 16.9 Å². The standard InChI is InChI=1S/C27H28N2O6/c1-16-10-11-20-21(12-16)26(32)29(25(20)31)18-6-5-7-19(14-18)35-27(33)17-13-24(30)28(15-17)22-8-3-4-9-23(22)34-2/h3-9,14,16-17,20-21H,10-13,15H2,1-2H3/t16-,17+,20+,21+/m0/s1. The number of methoxy groups -OCH3 is 1. The lowest BCUT2D eigenvalue weighted by molar-refractivity contribution is -0.139. The Balaban J connectivity index is 1.30. The number of rotatable bonds is 5. The fraction of sp³-hybridized carbons (Fsp3) is 0.407. The molecule has 35 heavy (non-hydrogen) atoms. The maximum Gasteiger partial charge on any atom is 0.316 e. The molecular weight excluding hydrogens is 448 g/mol. The van der Waals surface area contributed by atoms with E-state index in [0.29, 0.717) is 23.0 Å². The van der Waals surface area contributed by atoms with Crippen molar-refractivity contribution in [1.82, 2.24) is 0 Å². The minimum absolute atomic E-state index is 0.0290. The van der Waals surface area contributed by atoms with E-state index in [1.807, 2.05) is 6.07 Å². The molecule has 0 N–H and O–H groups in total. The Morgan fingerprint density at radius 3 is 2.54 bits per heavy atom. The zero-order valence-electron chi connectivity index (χ0n) is 19.8. The number of amides is 3. The Morgan fingerprint density at radius 2 is 1.74 bits per heavy atom. The monoisotopic (exact) mass is 476 g/mol. The lowest BCUT2D eigenvalue weighted by atomic mass is 9.76. The highest BCUT2D eigenvalue weighted by atomic mass is 16.5. The number of hydrogen-bond acceptors (Lipinski definition) is 6. The number of esters is 1. The van der Waals surface area contributed by atoms with E-state index >= 15 is 0 Å². The van der Waals surface area contributed by atoms with Crippen molar-refractivity contribution in [1.29, 1.82) is 0 Å². The predicted molar refractivity (Wildman–Crippen MR) is 128 cm³/mol. The summed E-state index contributed by atoms with van der Waals surface area (Å²) >= 11 is 0. The summed E-state index contributed by atoms with van der Waals surface area (Å²) in [5.74, 6) is -1.05. The van der Waals surface area contributed by atoms with Crippen LogP contribution in [-0.4, -0.2) is 37.3 Å². The fourth-order valence-electron chi connectivity index (χ4n) is 5.48. The van der Waals surface area contributed by atoms with E-state index < -0.39 is 11.9 Å². The molecule has 2 heterocycles. The first kappa shape index (κ1) is 23.1. The minimum atomic E-state index is -0.643. The minimum Gasteiger partial charge on any atom is -0.495 e. The zero-order chi connectivity index (χ0) is 24.7. The Bertz CT molecular complexity index is 1190. The van der Waals surface area contributed by atoms with Gasteiger partial charge in [0.25, 0.3) is 0 Å². The number of carbonyl (C=O) groups excluding carboxylic acids is 4. The molecule has 0 radical (unpaired) electrons. The molecule has 2 aliphatic heterocycles. The Kier molecular flexibility index (Phi) is 6.05. The molecule has 1 aliphatic carbocycles. The van der Waals surface area contributed by atoms with Crippen LogP contribution in [0.3, 0.4) is 0 Å². The maximum absolute atomic E-state index is 13.0. The highest BCUT2D eigenvalue weighted by Gasteiger charge is 2.50. The van der Waals surface area contributed by atoms with Gasteiger partial charge in [-0.1, -0.05) is 25.1 Å². The number of hydrogen-bond donors (Lipinski definition) is 0. The molecule has 0 spiro atoms. The molecule has 182 valence electrons. The van der Waals surface area contributed by atoms with Crippen LogP contribution in [0.5, 0.6) is 11.5 Å². The Labute approximate surface area is 203 Å². The van der Waals surface area contributed by atoms with Crippen molar-refractivity contribution < 1.29 is 28.7 Å². The molecule has 1 saturated carbocycles. The van der Waals surface area contributed by atoms with Crippen LogP contribution in [0.4, 0.5) is 11.4 Å². The number of fused-ring (bicyclic) bond motifs is 1. The Hall–Kier alpha value is -3.68. The number of anilines is 2. The van der Waals surface area contributed by atoms with Crippen LogP contribution in [0, 0.1) is 23.7 Å². The number of nitrogens with zero attached hydrogens (tertiary/aromatic N) is 2. The largest absolute Gasteiger partial charge is 0.495 e. The van der Waals surface area contributed by atoms with Crippen molar-refractivity contribution in [3.05, 3.63) is 48.5 Å². The van der Waals surface area contributed by atoms with Gasteiger partial charge in [0.1, 0.15) is 11.5 Å². The van der Waals surface area contributed by atoms with Gasteiger partial charge in [0, 0.05) is 19.0 Å². The molecule has 3 fully saturated rings. The predicted octanol–water partition coefficient (Wildman–Crippen LogP) is 3.58. The van der Waals surface area contributed by atoms with E-state index in [2.05, 4.69) is 6.92 Å². The van der Waals surface area contributed by atoms with Gasteiger partial charge in [-0.2, -0.15) is 0 Å². The molecule has 8 nitrogen and oxygen atoms in total. The molecule has 3 aliphatic rings. The van der Waals surface area contributed by atoms with Gasteiger partial charge in [0.2, 0.25) is 17.7 Å². The number of ether oxygens (including phenoxy) is 2. The van der Waals surface area contributed by atoms with Crippen LogP contribution in [0.25, 0.3) is 0 Å². The van der Waals surface area contributed by atoms with Crippen LogP contribution in [0.1, 0.15) is 32.6 Å². The molecule has 2 aromatic carbocycles. The molecule has 2 saturated heterocycles. The van der Waals surface area contributed by atoms with Gasteiger partial charge in [-0.15, -0.1) is 0 Å². The topological polar surface area (TPSA) is 93.2 Å². The maximum atomic E-state index is 13.0. The van der Waals surface area contributed by atoms with Crippen LogP contribution >= 0.6 is 0 Å². The van der Waals surface area contributed by atoms with E-state index in [0.717, 1.165) is 19.3 Å². The summed E-state index contributed by atoms with van der Waals surface area (Å²) in [6.07, 6.45) is 2.41. The van der Waals surface area contributed by atoms with E-state index in [-0.39, 0.29) is 48.3 Å². The second-order valence-electron chi connectivity index (χ2n) is 9.64. The van der Waals surface area contributed by atoms with Gasteiger partial charge < -0.3 is 14.4 Å². The van der Waals surface area contributed by atoms with Crippen LogP contribution < -0.4 is 19.3 Å². The van der Waals surface area contributed by atoms with Gasteiger partial charge in [-0.3, -0.25) is 19.2 Å². The molecule has 0 aromatic heterocycles. The van der Waals surface area contributed by atoms with Gasteiger partial charge in [-0.25, -0.2) is 4.90 Å². The number of benzene rings is 2. The SMILES string of the molecule is COc1ccccc1N1C[C@H](C(=O)Oc2cccc(N3C(=O)[C@@H]4CC[C@H](C)C[C@H]4C3=O)c2)CC1=O. The third kappa shape index (κ3) is 4.17. The molecule has 8 heteroatoms. The highest BCUT2D eigenvalue weighted by molar-refractivity contribution is 6.22. The van der Waals surface area contributed by atoms with Gasteiger partial charge in [0.15, 0.2) is 0 Å². The first-order chi connectivity index (χ1) is 16.9. The van der Waals surface area contributed by atoms with E-state index in [1.54, 1.807) is 42.5 Å². The van der Waals surface area contributed by atoms with Crippen LogP contribution in [-0.2, 0) is 19.2 Å². The lowest BCUT2D eigenvalue weighted by Gasteiger charge is -2.25. The molecule has 3 amide bonds. The normalized spacial score (nSPS) is 26.2. The number of para-hydroxylation sites is 2. The first-order valence-corrected chi connectivity index (χ1v) is 12.0. The molecule has 0 unspecified atom stereocenters. The summed E-state index contributed by atoms with van der Waals surface area (Å²) in [5, 5.41) is 0. The highest BCUT2D eigenvalue weighted by Crippen LogP contribution is 2.42. The molecule has 4 atom stereocenters. The summed E-state index contributed by atoms with van der Waals surface area (Å²) < 4.78 is 10.9. The quantitative estimate of drug-likeness (QED) is 0.372. The first-order valence-electron chi connectivity index (χ1n) is 12.0. The van der Waals surface area contributed by atoms with Gasteiger partial charge >= 0.3 is 5.97 Å². The van der Waals surface area contributed by atoms with E-state index in [9.17, 15) is 19.2 Å². The second-order valence-corrected chi connectivity index (χ2v) is 9.64. The van der Waals surface area contributed by atoms with Gasteiger partial charge in [-0.05, 0) is 49.4 Å². The van der Waals surface area contributed by atoms with Crippen LogP contribution in [0.2, 0.25) is 0 Å². The van der Waals surface area contributed by atoms with Crippen molar-refractivity contribution in [2.45, 2.75) is 32.6 Å². The van der Waals surface area contributed by atoms with Crippen LogP contribution in [0.15, 0.2) is 48.5 Å². The average Bonchev–Trinajstić information content (AvgIpc) is 3.36. The van der Waals surface area contributed by atoms with Crippen molar-refractivity contribution in [3.63, 3.8) is 0 Å². The average molecular weight is 477 g/mol. The summed E-state index contributed by atoms with van der Waals surface area (Å²) in [5.41, 5.74) is 1.02. The van der Waals surface area contributed by atoms with Crippen molar-refractivity contribution in [3.8, 4) is 11.5 Å². The number of imide groups is 1. The third-order valence-electron chi connectivity index (χ3n) is 7.32. The molecule has 5 rings (SSSR count). The van der Waals surface area contributed by atoms with Crippen molar-refractivity contribution in [2.24, 2.45) is 23.7 Å². The summed E-state index contributed by atoms with van der Waals surface area (Å²) in [7, 11) is 1.53. The Morgan fingerprint density at radius 1 is 0.971 bits per heavy atom. The van der Waals surface area contributed by atoms with E-state index in [4.69, 9.17) is 9.47 Å². The summed E-state index contributed by atoms with van der Waals surface area (Å²) in [6.45, 7) is 2.29. The number of carbonyl (C=O) groups is 4. The second kappa shape index (κ2) is 9.17. The molecule has 2 aromatic rings. The third-order valence-corrected chi connectivity index (χ3v) is 7.32. The summed E-state index contributed by atoms with van der Waals surface area (Å²) in [4.78, 5) is 54.4. The van der Waals surface area contributed by atoms with Crippen molar-refractivity contribution >= 4 is 35.1 Å². The lowest BCUT2D eigenvalue weighted by Crippen LogP contribution is -2.31. The fourth-order valence-corrected chi connectivity index (χ4v) is 5.48. The smallest absolute Gasteiger partial charge is 0.316 e. The summed E-state index contributed by atoms with van der Waals surface area (Å²) in [6, 6.07) is 13.6.